The summed E-state index contributed by atoms with van der Waals surface area (Å²) in [6.45, 7) is 0. The van der Waals surface area contributed by atoms with E-state index in [0.717, 1.165) is 0 Å². The number of halogens is 3. The van der Waals surface area contributed by atoms with Crippen LogP contribution in [0.5, 0.6) is 0 Å². The zero-order valence-corrected chi connectivity index (χ0v) is 10.9. The Bertz CT molecular complexity index is 782. The molecule has 2 aromatic rings. The van der Waals surface area contributed by atoms with E-state index in [0.29, 0.717) is 11.3 Å². The largest absolute Gasteiger partial charge is 0.516 e. The van der Waals surface area contributed by atoms with Crippen LogP contribution in [-0.2, 0) is 10.0 Å². The van der Waals surface area contributed by atoms with Gasteiger partial charge in [-0.25, -0.2) is 9.78 Å². The lowest BCUT2D eigenvalue weighted by atomic mass is 10.2. The monoisotopic (exact) mass is 326 g/mol. The number of nitrogens with zero attached hydrogens (tertiary/aromatic N) is 1. The van der Waals surface area contributed by atoms with Crippen LogP contribution in [0.1, 0.15) is 10.4 Å². The molecule has 0 atom stereocenters. The van der Waals surface area contributed by atoms with Crippen LogP contribution in [0.2, 0.25) is 0 Å². The number of hydrogen-bond donors (Lipinski definition) is 2. The third-order valence-corrected chi connectivity index (χ3v) is 4.30. The molecule has 11 heteroatoms. The van der Waals surface area contributed by atoms with Crippen LogP contribution in [0, 0.1) is 0 Å². The maximum atomic E-state index is 12.2. The van der Waals surface area contributed by atoms with E-state index in [1.807, 2.05) is 0 Å². The van der Waals surface area contributed by atoms with E-state index >= 15 is 0 Å². The minimum absolute atomic E-state index is 0.0774. The SMILES string of the molecule is O=C(O)c1ccc2nc(NS(=O)(=O)C(F)(F)F)sc2c1. The standard InChI is InChI=1S/C9H5F3N2O4S2/c10-9(11,12)20(17,18)14-8-13-5-2-1-4(7(15)16)3-6(5)19-8/h1-3H,(H,13,14)(H,15,16). The van der Waals surface area contributed by atoms with Gasteiger partial charge in [0.2, 0.25) is 0 Å². The third kappa shape index (κ3) is 2.67. The first kappa shape index (κ1) is 14.5. The minimum Gasteiger partial charge on any atom is -0.478 e. The molecule has 0 amide bonds. The lowest BCUT2D eigenvalue weighted by molar-refractivity contribution is -0.0429. The number of alkyl halides is 3. The molecule has 0 saturated carbocycles. The number of anilines is 1. The fourth-order valence-corrected chi connectivity index (χ4v) is 2.92. The summed E-state index contributed by atoms with van der Waals surface area (Å²) in [6.07, 6.45) is 0. The number of aromatic carboxylic acids is 1. The maximum Gasteiger partial charge on any atom is 0.516 e. The van der Waals surface area contributed by atoms with Gasteiger partial charge in [0.15, 0.2) is 5.13 Å². The van der Waals surface area contributed by atoms with E-state index in [9.17, 15) is 26.4 Å². The van der Waals surface area contributed by atoms with Crippen molar-refractivity contribution in [3.05, 3.63) is 23.8 Å². The van der Waals surface area contributed by atoms with E-state index in [2.05, 4.69) is 4.98 Å². The lowest BCUT2D eigenvalue weighted by Gasteiger charge is -2.07. The molecule has 1 heterocycles. The van der Waals surface area contributed by atoms with Crippen LogP contribution in [-0.4, -0.2) is 30.0 Å². The second-order valence-electron chi connectivity index (χ2n) is 3.56. The Kier molecular flexibility index (Phi) is 3.34. The van der Waals surface area contributed by atoms with Crippen molar-refractivity contribution < 1.29 is 31.5 Å². The molecule has 0 spiro atoms. The summed E-state index contributed by atoms with van der Waals surface area (Å²) >= 11 is 0.607. The van der Waals surface area contributed by atoms with Gasteiger partial charge in [-0.3, -0.25) is 4.72 Å². The fraction of sp³-hybridized carbons (Fsp3) is 0.111. The molecule has 0 radical (unpaired) electrons. The van der Waals surface area contributed by atoms with Gasteiger partial charge in [-0.05, 0) is 18.2 Å². The molecular weight excluding hydrogens is 321 g/mol. The van der Waals surface area contributed by atoms with Crippen LogP contribution < -0.4 is 4.72 Å². The summed E-state index contributed by atoms with van der Waals surface area (Å²) < 4.78 is 60.0. The van der Waals surface area contributed by atoms with Gasteiger partial charge < -0.3 is 5.11 Å². The van der Waals surface area contributed by atoms with Crippen molar-refractivity contribution in [1.29, 1.82) is 0 Å². The average Bonchev–Trinajstić information content (AvgIpc) is 2.67. The van der Waals surface area contributed by atoms with E-state index in [1.54, 1.807) is 0 Å². The van der Waals surface area contributed by atoms with Crippen molar-refractivity contribution in [1.82, 2.24) is 4.98 Å². The van der Waals surface area contributed by atoms with Gasteiger partial charge in [-0.2, -0.15) is 21.6 Å². The zero-order chi connectivity index (χ0) is 15.1. The second kappa shape index (κ2) is 4.59. The normalized spacial score (nSPS) is 12.6. The molecule has 2 rings (SSSR count). The van der Waals surface area contributed by atoms with Gasteiger partial charge >= 0.3 is 21.5 Å². The summed E-state index contributed by atoms with van der Waals surface area (Å²) in [7, 11) is -5.54. The molecule has 6 nitrogen and oxygen atoms in total. The fourth-order valence-electron chi connectivity index (χ4n) is 1.27. The predicted octanol–water partition coefficient (Wildman–Crippen LogP) is 2.26. The van der Waals surface area contributed by atoms with Crippen molar-refractivity contribution >= 4 is 42.7 Å². The molecule has 2 N–H and O–H groups in total. The number of nitrogens with one attached hydrogen (secondary N) is 1. The summed E-state index contributed by atoms with van der Waals surface area (Å²) in [5.74, 6) is -1.21. The van der Waals surface area contributed by atoms with Gasteiger partial charge in [0.1, 0.15) is 0 Å². The zero-order valence-electron chi connectivity index (χ0n) is 9.30. The molecule has 0 aliphatic carbocycles. The maximum absolute atomic E-state index is 12.2. The van der Waals surface area contributed by atoms with Crippen molar-refractivity contribution in [3.8, 4) is 0 Å². The highest BCUT2D eigenvalue weighted by atomic mass is 32.2. The number of aromatic nitrogens is 1. The highest BCUT2D eigenvalue weighted by Crippen LogP contribution is 2.31. The van der Waals surface area contributed by atoms with Crippen molar-refractivity contribution in [2.75, 3.05) is 4.72 Å². The van der Waals surface area contributed by atoms with E-state index in [-0.39, 0.29) is 15.8 Å². The van der Waals surface area contributed by atoms with E-state index in [4.69, 9.17) is 5.11 Å². The Morgan fingerprint density at radius 3 is 2.55 bits per heavy atom. The summed E-state index contributed by atoms with van der Waals surface area (Å²) in [6, 6.07) is 3.69. The van der Waals surface area contributed by atoms with Gasteiger partial charge in [-0.1, -0.05) is 11.3 Å². The quantitative estimate of drug-likeness (QED) is 0.902. The van der Waals surface area contributed by atoms with E-state index < -0.39 is 26.6 Å². The van der Waals surface area contributed by atoms with Crippen LogP contribution >= 0.6 is 11.3 Å². The molecule has 1 aromatic heterocycles. The number of sulfonamides is 1. The molecule has 0 saturated heterocycles. The minimum atomic E-state index is -5.54. The number of benzene rings is 1. The molecule has 0 fully saturated rings. The first-order chi connectivity index (χ1) is 9.10. The Morgan fingerprint density at radius 2 is 2.00 bits per heavy atom. The Morgan fingerprint density at radius 1 is 1.35 bits per heavy atom. The number of hydrogen-bond acceptors (Lipinski definition) is 5. The Balaban J connectivity index is 2.41. The van der Waals surface area contributed by atoms with Crippen molar-refractivity contribution in [2.24, 2.45) is 0 Å². The van der Waals surface area contributed by atoms with Gasteiger partial charge in [0, 0.05) is 0 Å². The molecule has 0 unspecified atom stereocenters. The van der Waals surface area contributed by atoms with Gasteiger partial charge in [0.05, 0.1) is 15.8 Å². The van der Waals surface area contributed by atoms with Crippen molar-refractivity contribution in [3.63, 3.8) is 0 Å². The molecule has 1 aromatic carbocycles. The van der Waals surface area contributed by atoms with E-state index in [1.165, 1.54) is 22.9 Å². The third-order valence-electron chi connectivity index (χ3n) is 2.16. The summed E-state index contributed by atoms with van der Waals surface area (Å²) in [4.78, 5) is 14.4. The second-order valence-corrected chi connectivity index (χ2v) is 6.26. The molecule has 0 aliphatic heterocycles. The van der Waals surface area contributed by atoms with Gasteiger partial charge in [-0.15, -0.1) is 0 Å². The van der Waals surface area contributed by atoms with Crippen molar-refractivity contribution in [2.45, 2.75) is 5.51 Å². The summed E-state index contributed by atoms with van der Waals surface area (Å²) in [5.41, 5.74) is -5.33. The van der Waals surface area contributed by atoms with Crippen LogP contribution in [0.4, 0.5) is 18.3 Å². The smallest absolute Gasteiger partial charge is 0.478 e. The molecule has 20 heavy (non-hydrogen) atoms. The molecule has 0 bridgehead atoms. The molecule has 108 valence electrons. The number of thiazole rings is 1. The van der Waals surface area contributed by atoms with Crippen LogP contribution in [0.25, 0.3) is 10.2 Å². The summed E-state index contributed by atoms with van der Waals surface area (Å²) in [5, 5.41) is 8.28. The number of carbonyl (C=O) groups is 1. The number of fused-ring (bicyclic) bond motifs is 1. The number of rotatable bonds is 3. The van der Waals surface area contributed by atoms with Gasteiger partial charge in [0.25, 0.3) is 0 Å². The lowest BCUT2D eigenvalue weighted by Crippen LogP contribution is -2.29. The molecule has 0 aliphatic rings. The van der Waals surface area contributed by atoms with Crippen LogP contribution in [0.15, 0.2) is 18.2 Å². The highest BCUT2D eigenvalue weighted by Gasteiger charge is 2.46. The topological polar surface area (TPSA) is 96.4 Å². The molecular formula is C9H5F3N2O4S2. The Hall–Kier alpha value is -1.88. The average molecular weight is 326 g/mol. The Labute approximate surface area is 113 Å². The van der Waals surface area contributed by atoms with Crippen LogP contribution in [0.3, 0.4) is 0 Å². The highest BCUT2D eigenvalue weighted by molar-refractivity contribution is 7.93. The number of carboxylic acids is 1. The first-order valence-electron chi connectivity index (χ1n) is 4.83. The first-order valence-corrected chi connectivity index (χ1v) is 7.13. The number of carboxylic acid groups (broad SMARTS) is 1. The predicted molar refractivity (Wildman–Crippen MR) is 65.2 cm³/mol.